The normalized spacial score (nSPS) is 19.4. The van der Waals surface area contributed by atoms with Gasteiger partial charge in [0.05, 0.1) is 42.2 Å². The second kappa shape index (κ2) is 10.00. The number of thiazole rings is 1. The van der Waals surface area contributed by atoms with Crippen LogP contribution in [0.15, 0.2) is 30.7 Å². The first-order chi connectivity index (χ1) is 17.8. The Balaban J connectivity index is 1.41. The van der Waals surface area contributed by atoms with Crippen LogP contribution in [0.2, 0.25) is 5.15 Å². The van der Waals surface area contributed by atoms with E-state index < -0.39 is 0 Å². The van der Waals surface area contributed by atoms with Gasteiger partial charge in [-0.1, -0.05) is 22.9 Å². The molecule has 1 aliphatic rings. The summed E-state index contributed by atoms with van der Waals surface area (Å²) in [6, 6.07) is 5.90. The second-order valence-corrected chi connectivity index (χ2v) is 10.8. The molecule has 0 saturated heterocycles. The van der Waals surface area contributed by atoms with Gasteiger partial charge in [0.1, 0.15) is 10.9 Å². The summed E-state index contributed by atoms with van der Waals surface area (Å²) in [4.78, 5) is 36.1. The van der Waals surface area contributed by atoms with Crippen molar-refractivity contribution in [3.63, 3.8) is 0 Å². The van der Waals surface area contributed by atoms with E-state index in [1.165, 1.54) is 30.8 Å². The van der Waals surface area contributed by atoms with Gasteiger partial charge in [-0.25, -0.2) is 15.0 Å². The molecule has 188 valence electrons. The second-order valence-electron chi connectivity index (χ2n) is 9.42. The largest absolute Gasteiger partial charge is 0.494 e. The topological polar surface area (TPSA) is 127 Å². The number of halogens is 1. The number of rotatable bonds is 5. The predicted octanol–water partition coefficient (Wildman–Crippen LogP) is 5.95. The summed E-state index contributed by atoms with van der Waals surface area (Å²) in [5.41, 5.74) is 3.45. The number of pyridine rings is 2. The number of methoxy groups -OCH3 is 1. The Morgan fingerprint density at radius 3 is 2.68 bits per heavy atom. The maximum atomic E-state index is 13.3. The number of fused-ring (bicyclic) bond motifs is 1. The number of hydrogen-bond donors (Lipinski definition) is 1. The number of anilines is 1. The van der Waals surface area contributed by atoms with Crippen LogP contribution in [0.25, 0.3) is 21.6 Å². The molecule has 0 spiro atoms. The molecule has 1 amide bonds. The lowest BCUT2D eigenvalue weighted by Crippen LogP contribution is -2.22. The Labute approximate surface area is 222 Å². The Morgan fingerprint density at radius 1 is 1.16 bits per heavy atom. The molecule has 4 aromatic heterocycles. The number of ether oxygens (including phenoxy) is 1. The molecule has 1 fully saturated rings. The van der Waals surface area contributed by atoms with Gasteiger partial charge in [-0.2, -0.15) is 10.2 Å². The summed E-state index contributed by atoms with van der Waals surface area (Å²) in [5, 5.41) is 12.9. The minimum atomic E-state index is -0.375. The lowest BCUT2D eigenvalue weighted by atomic mass is 9.72. The fourth-order valence-corrected chi connectivity index (χ4v) is 5.52. The number of nitriles is 1. The van der Waals surface area contributed by atoms with E-state index in [-0.39, 0.29) is 22.4 Å². The maximum absolute atomic E-state index is 13.3. The van der Waals surface area contributed by atoms with Gasteiger partial charge >= 0.3 is 0 Å². The third-order valence-electron chi connectivity index (χ3n) is 6.77. The molecule has 11 heteroatoms. The number of amides is 1. The van der Waals surface area contributed by atoms with Crippen LogP contribution in [0.1, 0.15) is 60.3 Å². The van der Waals surface area contributed by atoms with E-state index in [1.54, 1.807) is 18.3 Å². The van der Waals surface area contributed by atoms with E-state index >= 15 is 0 Å². The van der Waals surface area contributed by atoms with Crippen molar-refractivity contribution in [3.05, 3.63) is 52.8 Å². The molecule has 0 radical (unpaired) electrons. The van der Waals surface area contributed by atoms with Crippen LogP contribution in [-0.4, -0.2) is 37.9 Å². The number of nitrogens with one attached hydrogen (secondary N) is 1. The zero-order chi connectivity index (χ0) is 26.2. The van der Waals surface area contributed by atoms with Crippen molar-refractivity contribution in [2.24, 2.45) is 5.41 Å². The first kappa shape index (κ1) is 25.0. The Hall–Kier alpha value is -3.68. The molecule has 5 rings (SSSR count). The van der Waals surface area contributed by atoms with Crippen LogP contribution in [0.3, 0.4) is 0 Å². The standard InChI is InChI=1S/C26H24ClN7O2S/c1-14-8-16(17-9-21(27)30-12-20(17)36-3)18(10-29-14)23(35)34-25-33-22-24(37-25)32-19(11-31-22)15-4-6-26(2,13-28)7-5-15/h8-12,15H,4-7H2,1-3H3,(H,31,33,34,35). The summed E-state index contributed by atoms with van der Waals surface area (Å²) < 4.78 is 5.45. The average Bonchev–Trinajstić information content (AvgIpc) is 3.30. The molecule has 1 saturated carbocycles. The highest BCUT2D eigenvalue weighted by atomic mass is 35.5. The van der Waals surface area contributed by atoms with E-state index in [0.717, 1.165) is 37.1 Å². The van der Waals surface area contributed by atoms with Gasteiger partial charge in [0.15, 0.2) is 15.6 Å². The van der Waals surface area contributed by atoms with Crippen LogP contribution >= 0.6 is 22.9 Å². The molecule has 37 heavy (non-hydrogen) atoms. The van der Waals surface area contributed by atoms with Crippen molar-refractivity contribution in [3.8, 4) is 22.9 Å². The first-order valence-electron chi connectivity index (χ1n) is 11.8. The first-order valence-corrected chi connectivity index (χ1v) is 13.0. The summed E-state index contributed by atoms with van der Waals surface area (Å²) in [5.74, 6) is 0.379. The summed E-state index contributed by atoms with van der Waals surface area (Å²) in [6.45, 7) is 3.86. The molecule has 0 unspecified atom stereocenters. The fourth-order valence-electron chi connectivity index (χ4n) is 4.57. The molecule has 0 bridgehead atoms. The highest BCUT2D eigenvalue weighted by molar-refractivity contribution is 7.21. The van der Waals surface area contributed by atoms with Gasteiger partial charge in [0.2, 0.25) is 0 Å². The molecule has 1 aliphatic carbocycles. The highest BCUT2D eigenvalue weighted by Crippen LogP contribution is 2.42. The molecular formula is C26H24ClN7O2S. The quantitative estimate of drug-likeness (QED) is 0.311. The molecule has 1 N–H and O–H groups in total. The summed E-state index contributed by atoms with van der Waals surface area (Å²) in [6.07, 6.45) is 8.29. The summed E-state index contributed by atoms with van der Waals surface area (Å²) in [7, 11) is 1.53. The molecule has 0 atom stereocenters. The van der Waals surface area contributed by atoms with Gasteiger partial charge in [-0.15, -0.1) is 0 Å². The Bertz CT molecular complexity index is 1540. The van der Waals surface area contributed by atoms with Crippen LogP contribution < -0.4 is 10.1 Å². The Kier molecular flexibility index (Phi) is 6.75. The van der Waals surface area contributed by atoms with E-state index in [0.29, 0.717) is 38.0 Å². The van der Waals surface area contributed by atoms with Gasteiger partial charge in [0, 0.05) is 28.9 Å². The molecule has 0 aliphatic heterocycles. The van der Waals surface area contributed by atoms with E-state index in [2.05, 4.69) is 31.3 Å². The number of aryl methyl sites for hydroxylation is 1. The van der Waals surface area contributed by atoms with E-state index in [4.69, 9.17) is 21.3 Å². The molecule has 4 aromatic rings. The molecule has 9 nitrogen and oxygen atoms in total. The third-order valence-corrected chi connectivity index (χ3v) is 7.83. The van der Waals surface area contributed by atoms with Crippen LogP contribution in [0.5, 0.6) is 5.75 Å². The zero-order valence-corrected chi connectivity index (χ0v) is 22.2. The van der Waals surface area contributed by atoms with Gasteiger partial charge in [-0.3, -0.25) is 15.1 Å². The van der Waals surface area contributed by atoms with E-state index in [1.807, 2.05) is 13.8 Å². The van der Waals surface area contributed by atoms with Crippen molar-refractivity contribution in [1.29, 1.82) is 5.26 Å². The minimum Gasteiger partial charge on any atom is -0.494 e. The highest BCUT2D eigenvalue weighted by Gasteiger charge is 2.32. The maximum Gasteiger partial charge on any atom is 0.259 e. The van der Waals surface area contributed by atoms with Crippen LogP contribution in [0, 0.1) is 23.7 Å². The number of hydrogen-bond acceptors (Lipinski definition) is 9. The fraction of sp³-hybridized carbons (Fsp3) is 0.346. The molecule has 0 aromatic carbocycles. The van der Waals surface area contributed by atoms with Crippen molar-refractivity contribution in [2.75, 3.05) is 12.4 Å². The van der Waals surface area contributed by atoms with Crippen molar-refractivity contribution >= 4 is 44.5 Å². The SMILES string of the molecule is COc1cnc(Cl)cc1-c1cc(C)ncc1C(=O)Nc1nc2ncc(C3CCC(C)(C#N)CC3)nc2s1. The Morgan fingerprint density at radius 2 is 1.95 bits per heavy atom. The number of nitrogens with zero attached hydrogens (tertiary/aromatic N) is 6. The number of carbonyl (C=O) groups is 1. The third kappa shape index (κ3) is 5.10. The monoisotopic (exact) mass is 533 g/mol. The lowest BCUT2D eigenvalue weighted by Gasteiger charge is -2.31. The predicted molar refractivity (Wildman–Crippen MR) is 142 cm³/mol. The average molecular weight is 534 g/mol. The number of carbonyl (C=O) groups excluding carboxylic acids is 1. The number of aromatic nitrogens is 5. The van der Waals surface area contributed by atoms with Crippen molar-refractivity contribution in [2.45, 2.75) is 45.4 Å². The molecular weight excluding hydrogens is 510 g/mol. The van der Waals surface area contributed by atoms with Gasteiger partial charge in [-0.05, 0) is 51.7 Å². The lowest BCUT2D eigenvalue weighted by molar-refractivity contribution is 0.102. The van der Waals surface area contributed by atoms with Crippen LogP contribution in [0.4, 0.5) is 5.13 Å². The zero-order valence-electron chi connectivity index (χ0n) is 20.6. The van der Waals surface area contributed by atoms with Crippen LogP contribution in [-0.2, 0) is 0 Å². The van der Waals surface area contributed by atoms with Gasteiger partial charge in [0.25, 0.3) is 5.91 Å². The van der Waals surface area contributed by atoms with Gasteiger partial charge < -0.3 is 4.74 Å². The smallest absolute Gasteiger partial charge is 0.259 e. The minimum absolute atomic E-state index is 0.259. The van der Waals surface area contributed by atoms with E-state index in [9.17, 15) is 10.1 Å². The van der Waals surface area contributed by atoms with Crippen molar-refractivity contribution in [1.82, 2.24) is 24.9 Å². The molecule has 4 heterocycles. The summed E-state index contributed by atoms with van der Waals surface area (Å²) >= 11 is 7.41. The van der Waals surface area contributed by atoms with Crippen molar-refractivity contribution < 1.29 is 9.53 Å².